The van der Waals surface area contributed by atoms with Crippen molar-refractivity contribution in [3.8, 4) is 0 Å². The first-order chi connectivity index (χ1) is 8.03. The second kappa shape index (κ2) is 6.37. The molecule has 0 aliphatic heterocycles. The van der Waals surface area contributed by atoms with E-state index in [1.165, 1.54) is 0 Å². The van der Waals surface area contributed by atoms with E-state index in [1.54, 1.807) is 0 Å². The van der Waals surface area contributed by atoms with Gasteiger partial charge in [-0.15, -0.1) is 0 Å². The van der Waals surface area contributed by atoms with Crippen LogP contribution in [0, 0.1) is 0 Å². The van der Waals surface area contributed by atoms with E-state index in [9.17, 15) is 4.79 Å². The Morgan fingerprint density at radius 2 is 2.00 bits per heavy atom. The van der Waals surface area contributed by atoms with Crippen LogP contribution in [0.5, 0.6) is 0 Å². The Balaban J connectivity index is 2.25. The number of nitrogens with one attached hydrogen (secondary N) is 1. The van der Waals surface area contributed by atoms with Gasteiger partial charge in [-0.25, -0.2) is 0 Å². The third kappa shape index (κ3) is 5.47. The Hall–Kier alpha value is -1.39. The van der Waals surface area contributed by atoms with E-state index < -0.39 is 0 Å². The quantitative estimate of drug-likeness (QED) is 0.776. The molecule has 4 heteroatoms. The second-order valence-corrected chi connectivity index (χ2v) is 4.61. The Kier molecular flexibility index (Phi) is 5.12. The van der Waals surface area contributed by atoms with Gasteiger partial charge in [-0.3, -0.25) is 4.79 Å². The van der Waals surface area contributed by atoms with E-state index in [0.29, 0.717) is 13.2 Å². The van der Waals surface area contributed by atoms with Crippen LogP contribution in [0.25, 0.3) is 0 Å². The summed E-state index contributed by atoms with van der Waals surface area (Å²) < 4.78 is 5.32. The molecule has 0 atom stereocenters. The van der Waals surface area contributed by atoms with Crippen molar-refractivity contribution in [3.05, 3.63) is 35.9 Å². The highest BCUT2D eigenvalue weighted by Gasteiger charge is 2.17. The SMILES string of the molecule is CC(C)(CN)NC(=O)COCc1ccccc1. The maximum atomic E-state index is 11.5. The average Bonchev–Trinajstić information content (AvgIpc) is 2.30. The van der Waals surface area contributed by atoms with Crippen molar-refractivity contribution in [2.75, 3.05) is 13.2 Å². The Bertz CT molecular complexity index is 350. The molecule has 0 unspecified atom stereocenters. The predicted molar refractivity (Wildman–Crippen MR) is 67.4 cm³/mol. The summed E-state index contributed by atoms with van der Waals surface area (Å²) in [5.41, 5.74) is 6.19. The van der Waals surface area contributed by atoms with Crippen molar-refractivity contribution < 1.29 is 9.53 Å². The van der Waals surface area contributed by atoms with E-state index in [1.807, 2.05) is 44.2 Å². The summed E-state index contributed by atoms with van der Waals surface area (Å²) in [6.45, 7) is 4.65. The third-order valence-corrected chi connectivity index (χ3v) is 2.33. The molecule has 0 saturated heterocycles. The van der Waals surface area contributed by atoms with Crippen LogP contribution >= 0.6 is 0 Å². The molecular weight excluding hydrogens is 216 g/mol. The van der Waals surface area contributed by atoms with E-state index in [-0.39, 0.29) is 18.1 Å². The molecule has 4 nitrogen and oxygen atoms in total. The number of ether oxygens (including phenoxy) is 1. The van der Waals surface area contributed by atoms with Gasteiger partial charge in [-0.2, -0.15) is 0 Å². The smallest absolute Gasteiger partial charge is 0.246 e. The van der Waals surface area contributed by atoms with E-state index in [0.717, 1.165) is 5.56 Å². The second-order valence-electron chi connectivity index (χ2n) is 4.61. The molecule has 0 aliphatic carbocycles. The Morgan fingerprint density at radius 1 is 1.35 bits per heavy atom. The first kappa shape index (κ1) is 13.7. The first-order valence-electron chi connectivity index (χ1n) is 5.66. The number of benzene rings is 1. The molecule has 0 radical (unpaired) electrons. The molecule has 94 valence electrons. The maximum absolute atomic E-state index is 11.5. The van der Waals surface area contributed by atoms with Gasteiger partial charge < -0.3 is 15.8 Å². The fourth-order valence-electron chi connectivity index (χ4n) is 1.30. The maximum Gasteiger partial charge on any atom is 0.246 e. The van der Waals surface area contributed by atoms with Crippen LogP contribution in [0.15, 0.2) is 30.3 Å². The minimum atomic E-state index is -0.382. The molecule has 1 amide bonds. The first-order valence-corrected chi connectivity index (χ1v) is 5.66. The fraction of sp³-hybridized carbons (Fsp3) is 0.462. The largest absolute Gasteiger partial charge is 0.367 e. The van der Waals surface area contributed by atoms with Crippen molar-refractivity contribution in [1.82, 2.24) is 5.32 Å². The number of hydrogen-bond acceptors (Lipinski definition) is 3. The lowest BCUT2D eigenvalue weighted by atomic mass is 10.1. The molecule has 0 aromatic heterocycles. The lowest BCUT2D eigenvalue weighted by molar-refractivity contribution is -0.127. The number of nitrogens with two attached hydrogens (primary N) is 1. The van der Waals surface area contributed by atoms with E-state index in [4.69, 9.17) is 10.5 Å². The van der Waals surface area contributed by atoms with E-state index >= 15 is 0 Å². The number of carbonyl (C=O) groups excluding carboxylic acids is 1. The van der Waals surface area contributed by atoms with Gasteiger partial charge in [0.15, 0.2) is 0 Å². The molecule has 1 aromatic rings. The van der Waals surface area contributed by atoms with Gasteiger partial charge in [0.2, 0.25) is 5.91 Å². The average molecular weight is 236 g/mol. The third-order valence-electron chi connectivity index (χ3n) is 2.33. The highest BCUT2D eigenvalue weighted by molar-refractivity contribution is 5.77. The zero-order chi connectivity index (χ0) is 12.7. The molecule has 1 rings (SSSR count). The normalized spacial score (nSPS) is 11.2. The van der Waals surface area contributed by atoms with Gasteiger partial charge in [0.05, 0.1) is 6.61 Å². The van der Waals surface area contributed by atoms with Gasteiger partial charge in [0, 0.05) is 12.1 Å². The topological polar surface area (TPSA) is 64.3 Å². The summed E-state index contributed by atoms with van der Waals surface area (Å²) in [6, 6.07) is 9.75. The van der Waals surface area contributed by atoms with Crippen LogP contribution in [-0.2, 0) is 16.1 Å². The predicted octanol–water partition coefficient (Wildman–Crippen LogP) is 1.06. The number of rotatable bonds is 6. The molecule has 1 aromatic carbocycles. The molecule has 17 heavy (non-hydrogen) atoms. The lowest BCUT2D eigenvalue weighted by Crippen LogP contribution is -2.50. The highest BCUT2D eigenvalue weighted by atomic mass is 16.5. The van der Waals surface area contributed by atoms with Crippen LogP contribution in [0.4, 0.5) is 0 Å². The number of carbonyl (C=O) groups is 1. The molecular formula is C13H20N2O2. The molecule has 0 bridgehead atoms. The highest BCUT2D eigenvalue weighted by Crippen LogP contribution is 2.01. The molecule has 0 aliphatic rings. The monoisotopic (exact) mass is 236 g/mol. The molecule has 0 spiro atoms. The van der Waals surface area contributed by atoms with Crippen molar-refractivity contribution >= 4 is 5.91 Å². The summed E-state index contributed by atoms with van der Waals surface area (Å²) in [6.07, 6.45) is 0. The molecule has 0 heterocycles. The number of hydrogen-bond donors (Lipinski definition) is 2. The van der Waals surface area contributed by atoms with Crippen LogP contribution in [0.3, 0.4) is 0 Å². The van der Waals surface area contributed by atoms with Crippen molar-refractivity contribution in [1.29, 1.82) is 0 Å². The van der Waals surface area contributed by atoms with E-state index in [2.05, 4.69) is 5.32 Å². The Labute approximate surface area is 102 Å². The van der Waals surface area contributed by atoms with Gasteiger partial charge in [0.1, 0.15) is 6.61 Å². The standard InChI is InChI=1S/C13H20N2O2/c1-13(2,10-14)15-12(16)9-17-8-11-6-4-3-5-7-11/h3-7H,8-10,14H2,1-2H3,(H,15,16). The summed E-state index contributed by atoms with van der Waals surface area (Å²) in [7, 11) is 0. The van der Waals surface area contributed by atoms with Crippen molar-refractivity contribution in [2.45, 2.75) is 26.0 Å². The van der Waals surface area contributed by atoms with Crippen LogP contribution in [0.1, 0.15) is 19.4 Å². The fourth-order valence-corrected chi connectivity index (χ4v) is 1.30. The van der Waals surface area contributed by atoms with Gasteiger partial charge in [-0.05, 0) is 19.4 Å². The van der Waals surface area contributed by atoms with Gasteiger partial charge in [-0.1, -0.05) is 30.3 Å². The number of amides is 1. The van der Waals surface area contributed by atoms with Crippen LogP contribution < -0.4 is 11.1 Å². The molecule has 0 saturated carbocycles. The zero-order valence-electron chi connectivity index (χ0n) is 10.4. The van der Waals surface area contributed by atoms with Crippen molar-refractivity contribution in [2.24, 2.45) is 5.73 Å². The van der Waals surface area contributed by atoms with Gasteiger partial charge >= 0.3 is 0 Å². The van der Waals surface area contributed by atoms with Crippen LogP contribution in [-0.4, -0.2) is 24.6 Å². The summed E-state index contributed by atoms with van der Waals surface area (Å²) in [4.78, 5) is 11.5. The summed E-state index contributed by atoms with van der Waals surface area (Å²) >= 11 is 0. The molecule has 3 N–H and O–H groups in total. The minimum absolute atomic E-state index is 0.0539. The minimum Gasteiger partial charge on any atom is -0.367 e. The summed E-state index contributed by atoms with van der Waals surface area (Å²) in [5, 5.41) is 2.80. The van der Waals surface area contributed by atoms with Crippen LogP contribution in [0.2, 0.25) is 0 Å². The molecule has 0 fully saturated rings. The lowest BCUT2D eigenvalue weighted by Gasteiger charge is -2.24. The van der Waals surface area contributed by atoms with Crippen molar-refractivity contribution in [3.63, 3.8) is 0 Å². The van der Waals surface area contributed by atoms with Gasteiger partial charge in [0.25, 0.3) is 0 Å². The zero-order valence-corrected chi connectivity index (χ0v) is 10.4. The summed E-state index contributed by atoms with van der Waals surface area (Å²) in [5.74, 6) is -0.142. The Morgan fingerprint density at radius 3 is 2.59 bits per heavy atom.